The van der Waals surface area contributed by atoms with Gasteiger partial charge in [0.05, 0.1) is 23.6 Å². The van der Waals surface area contributed by atoms with Crippen molar-refractivity contribution in [1.29, 1.82) is 0 Å². The Labute approximate surface area is 101 Å². The Bertz CT molecular complexity index is 513. The van der Waals surface area contributed by atoms with Gasteiger partial charge in [-0.05, 0) is 18.6 Å². The van der Waals surface area contributed by atoms with Crippen molar-refractivity contribution >= 4 is 34.5 Å². The van der Waals surface area contributed by atoms with E-state index in [9.17, 15) is 4.79 Å². The number of thiazole rings is 1. The second kappa shape index (κ2) is 4.59. The zero-order valence-electron chi connectivity index (χ0n) is 8.40. The maximum absolute atomic E-state index is 11.7. The van der Waals surface area contributed by atoms with E-state index in [2.05, 4.69) is 15.3 Å². The second-order valence-corrected chi connectivity index (χ2v) is 4.40. The molecule has 0 aliphatic rings. The van der Waals surface area contributed by atoms with Crippen molar-refractivity contribution in [2.24, 2.45) is 0 Å². The molecule has 0 radical (unpaired) electrons. The number of amides is 1. The molecule has 0 atom stereocenters. The maximum atomic E-state index is 11.7. The van der Waals surface area contributed by atoms with E-state index in [0.717, 1.165) is 5.56 Å². The van der Waals surface area contributed by atoms with Crippen LogP contribution in [0.5, 0.6) is 0 Å². The van der Waals surface area contributed by atoms with Crippen molar-refractivity contribution in [2.45, 2.75) is 6.92 Å². The zero-order chi connectivity index (χ0) is 11.5. The number of hydrogen-bond donors (Lipinski definition) is 1. The van der Waals surface area contributed by atoms with E-state index in [-0.39, 0.29) is 5.91 Å². The van der Waals surface area contributed by atoms with E-state index >= 15 is 0 Å². The van der Waals surface area contributed by atoms with Crippen LogP contribution in [0.4, 0.5) is 5.69 Å². The van der Waals surface area contributed by atoms with Gasteiger partial charge in [0.2, 0.25) is 0 Å². The van der Waals surface area contributed by atoms with Crippen molar-refractivity contribution in [2.75, 3.05) is 5.32 Å². The Kier molecular flexibility index (Phi) is 3.17. The quantitative estimate of drug-likeness (QED) is 0.838. The number of aromatic nitrogens is 2. The molecule has 1 amide bonds. The van der Waals surface area contributed by atoms with Gasteiger partial charge in [-0.25, -0.2) is 4.98 Å². The standard InChI is InChI=1S/C10H8ClN3OS/c1-6-2-7(3-13-9(6)11)14-10(15)8-4-12-5-16-8/h2-5H,1H3,(H,14,15). The number of nitrogens with zero attached hydrogens (tertiary/aromatic N) is 2. The number of anilines is 1. The fourth-order valence-electron chi connectivity index (χ4n) is 1.15. The average Bonchev–Trinajstić information content (AvgIpc) is 2.77. The van der Waals surface area contributed by atoms with Crippen LogP contribution in [0, 0.1) is 6.92 Å². The van der Waals surface area contributed by atoms with E-state index in [1.54, 1.807) is 11.6 Å². The first-order chi connectivity index (χ1) is 7.66. The van der Waals surface area contributed by atoms with Gasteiger partial charge in [-0.3, -0.25) is 9.78 Å². The number of rotatable bonds is 2. The van der Waals surface area contributed by atoms with Crippen LogP contribution < -0.4 is 5.32 Å². The van der Waals surface area contributed by atoms with E-state index < -0.39 is 0 Å². The Balaban J connectivity index is 2.15. The summed E-state index contributed by atoms with van der Waals surface area (Å²) in [5, 5.41) is 3.16. The molecule has 0 saturated carbocycles. The molecule has 0 saturated heterocycles. The Morgan fingerprint density at radius 1 is 1.50 bits per heavy atom. The van der Waals surface area contributed by atoms with Crippen molar-refractivity contribution in [3.63, 3.8) is 0 Å². The molecular formula is C10H8ClN3OS. The van der Waals surface area contributed by atoms with Gasteiger partial charge in [0.25, 0.3) is 5.91 Å². The van der Waals surface area contributed by atoms with Gasteiger partial charge in [0, 0.05) is 0 Å². The fourth-order valence-corrected chi connectivity index (χ4v) is 1.77. The first-order valence-electron chi connectivity index (χ1n) is 4.49. The molecule has 82 valence electrons. The van der Waals surface area contributed by atoms with Gasteiger partial charge in [0.15, 0.2) is 0 Å². The highest BCUT2D eigenvalue weighted by molar-refractivity contribution is 7.11. The third kappa shape index (κ3) is 2.37. The van der Waals surface area contributed by atoms with Gasteiger partial charge < -0.3 is 5.32 Å². The lowest BCUT2D eigenvalue weighted by Crippen LogP contribution is -2.10. The van der Waals surface area contributed by atoms with Gasteiger partial charge in [0.1, 0.15) is 10.0 Å². The topological polar surface area (TPSA) is 54.9 Å². The highest BCUT2D eigenvalue weighted by atomic mass is 35.5. The monoisotopic (exact) mass is 253 g/mol. The SMILES string of the molecule is Cc1cc(NC(=O)c2cncs2)cnc1Cl. The number of halogens is 1. The lowest BCUT2D eigenvalue weighted by molar-refractivity contribution is 0.103. The van der Waals surface area contributed by atoms with Crippen LogP contribution >= 0.6 is 22.9 Å². The summed E-state index contributed by atoms with van der Waals surface area (Å²) < 4.78 is 0. The second-order valence-electron chi connectivity index (χ2n) is 3.15. The van der Waals surface area contributed by atoms with E-state index in [4.69, 9.17) is 11.6 Å². The molecule has 0 bridgehead atoms. The fraction of sp³-hybridized carbons (Fsp3) is 0.100. The molecule has 6 heteroatoms. The van der Waals surface area contributed by atoms with Gasteiger partial charge in [-0.15, -0.1) is 11.3 Å². The number of carbonyl (C=O) groups excluding carboxylic acids is 1. The molecule has 4 nitrogen and oxygen atoms in total. The van der Waals surface area contributed by atoms with Crippen LogP contribution in [0.25, 0.3) is 0 Å². The summed E-state index contributed by atoms with van der Waals surface area (Å²) in [5.41, 5.74) is 3.06. The predicted molar refractivity (Wildman–Crippen MR) is 64.1 cm³/mol. The summed E-state index contributed by atoms with van der Waals surface area (Å²) in [7, 11) is 0. The summed E-state index contributed by atoms with van der Waals surface area (Å²) in [6, 6.07) is 1.77. The molecule has 0 fully saturated rings. The maximum Gasteiger partial charge on any atom is 0.267 e. The van der Waals surface area contributed by atoms with Crippen LogP contribution in [0.2, 0.25) is 5.15 Å². The van der Waals surface area contributed by atoms with Crippen LogP contribution in [0.1, 0.15) is 15.2 Å². The van der Waals surface area contributed by atoms with Crippen LogP contribution in [-0.4, -0.2) is 15.9 Å². The van der Waals surface area contributed by atoms with Crippen molar-refractivity contribution in [3.8, 4) is 0 Å². The van der Waals surface area contributed by atoms with Crippen LogP contribution in [-0.2, 0) is 0 Å². The minimum absolute atomic E-state index is 0.189. The lowest BCUT2D eigenvalue weighted by Gasteiger charge is -2.04. The Morgan fingerprint density at radius 3 is 2.94 bits per heavy atom. The molecule has 0 aromatic carbocycles. The molecule has 2 rings (SSSR count). The van der Waals surface area contributed by atoms with Crippen LogP contribution in [0.3, 0.4) is 0 Å². The third-order valence-corrected chi connectivity index (χ3v) is 3.10. The number of carbonyl (C=O) groups is 1. The third-order valence-electron chi connectivity index (χ3n) is 1.93. The average molecular weight is 254 g/mol. The summed E-state index contributed by atoms with van der Waals surface area (Å²) in [4.78, 5) is 20.0. The number of hydrogen-bond acceptors (Lipinski definition) is 4. The molecule has 0 spiro atoms. The predicted octanol–water partition coefficient (Wildman–Crippen LogP) is 2.75. The number of nitrogens with one attached hydrogen (secondary N) is 1. The highest BCUT2D eigenvalue weighted by Gasteiger charge is 2.08. The first kappa shape index (κ1) is 11.0. The highest BCUT2D eigenvalue weighted by Crippen LogP contribution is 2.17. The minimum atomic E-state index is -0.189. The lowest BCUT2D eigenvalue weighted by atomic mass is 10.3. The van der Waals surface area contributed by atoms with E-state index in [0.29, 0.717) is 15.7 Å². The summed E-state index contributed by atoms with van der Waals surface area (Å²) in [6.07, 6.45) is 3.05. The summed E-state index contributed by atoms with van der Waals surface area (Å²) in [6.45, 7) is 1.83. The molecule has 16 heavy (non-hydrogen) atoms. The number of aryl methyl sites for hydroxylation is 1. The minimum Gasteiger partial charge on any atom is -0.320 e. The van der Waals surface area contributed by atoms with E-state index in [1.807, 2.05) is 6.92 Å². The number of pyridine rings is 1. The summed E-state index contributed by atoms with van der Waals surface area (Å²) in [5.74, 6) is -0.189. The van der Waals surface area contributed by atoms with Crippen molar-refractivity contribution in [3.05, 3.63) is 39.6 Å². The molecule has 0 aliphatic carbocycles. The van der Waals surface area contributed by atoms with Gasteiger partial charge >= 0.3 is 0 Å². The molecule has 1 N–H and O–H groups in total. The first-order valence-corrected chi connectivity index (χ1v) is 5.74. The Hall–Kier alpha value is -1.46. The molecule has 2 heterocycles. The Morgan fingerprint density at radius 2 is 2.31 bits per heavy atom. The molecule has 0 aliphatic heterocycles. The normalized spacial score (nSPS) is 10.1. The summed E-state index contributed by atoms with van der Waals surface area (Å²) >= 11 is 7.07. The van der Waals surface area contributed by atoms with Crippen molar-refractivity contribution in [1.82, 2.24) is 9.97 Å². The van der Waals surface area contributed by atoms with Crippen molar-refractivity contribution < 1.29 is 4.79 Å². The zero-order valence-corrected chi connectivity index (χ0v) is 9.97. The smallest absolute Gasteiger partial charge is 0.267 e. The van der Waals surface area contributed by atoms with E-state index in [1.165, 1.54) is 23.7 Å². The van der Waals surface area contributed by atoms with Gasteiger partial charge in [-0.1, -0.05) is 11.6 Å². The molecule has 2 aromatic heterocycles. The van der Waals surface area contributed by atoms with Crippen LogP contribution in [0.15, 0.2) is 24.0 Å². The molecular weight excluding hydrogens is 246 g/mol. The van der Waals surface area contributed by atoms with Gasteiger partial charge in [-0.2, -0.15) is 0 Å². The molecule has 2 aromatic rings. The molecule has 0 unspecified atom stereocenters. The largest absolute Gasteiger partial charge is 0.320 e.